The monoisotopic (exact) mass is 473 g/mol. The van der Waals surface area contributed by atoms with Crippen molar-refractivity contribution < 1.29 is 27.5 Å². The molecule has 2 aromatic carbocycles. The number of nitrogen functional groups attached to an aromatic ring is 1. The smallest absolute Gasteiger partial charge is 0.383 e. The van der Waals surface area contributed by atoms with Gasteiger partial charge in [0.2, 0.25) is 0 Å². The lowest BCUT2D eigenvalue weighted by molar-refractivity contribution is -0.138. The van der Waals surface area contributed by atoms with Crippen LogP contribution in [0.15, 0.2) is 48.7 Å². The van der Waals surface area contributed by atoms with Crippen LogP contribution in [0, 0.1) is 12.7 Å². The van der Waals surface area contributed by atoms with Crippen LogP contribution in [0.25, 0.3) is 22.2 Å². The molecule has 1 atom stereocenters. The first-order valence-corrected chi connectivity index (χ1v) is 10.0. The first-order chi connectivity index (χ1) is 16.0. The number of halogens is 4. The lowest BCUT2D eigenvalue weighted by Crippen LogP contribution is -2.21. The molecule has 0 saturated heterocycles. The third kappa shape index (κ3) is 4.29. The van der Waals surface area contributed by atoms with Crippen molar-refractivity contribution in [2.75, 3.05) is 11.1 Å². The number of benzene rings is 2. The maximum absolute atomic E-state index is 15.0. The Morgan fingerprint density at radius 1 is 1.15 bits per heavy atom. The van der Waals surface area contributed by atoms with Crippen molar-refractivity contribution in [2.45, 2.75) is 19.2 Å². The van der Waals surface area contributed by atoms with Crippen LogP contribution in [0.5, 0.6) is 0 Å². The Morgan fingerprint density at radius 2 is 1.88 bits per heavy atom. The van der Waals surface area contributed by atoms with E-state index in [0.717, 1.165) is 18.2 Å². The number of rotatable bonds is 4. The number of fused-ring (bicyclic) bond motifs is 1. The average Bonchev–Trinajstić information content (AvgIpc) is 3.09. The third-order valence-electron chi connectivity index (χ3n) is 5.26. The molecule has 0 spiro atoms. The number of nitrogens with zero attached hydrogens (tertiary/aromatic N) is 3. The number of hydrogen-bond acceptors (Lipinski definition) is 5. The van der Waals surface area contributed by atoms with E-state index in [1.165, 1.54) is 18.2 Å². The standard InChI is InChI=1S/C23H19F4N5O2/c1-11-29-20(28)18-16(10-32(2)21(18)30-11)15-7-6-14(9-17(15)24)31-22(34)19(33)12-4-3-5-13(8-12)23(25,26)27/h3-10,19,33H,1-2H3,(H,31,34)(H2,28,29,30). The Kier molecular flexibility index (Phi) is 5.74. The van der Waals surface area contributed by atoms with Gasteiger partial charge in [0.15, 0.2) is 6.10 Å². The van der Waals surface area contributed by atoms with E-state index in [9.17, 15) is 23.1 Å². The van der Waals surface area contributed by atoms with Crippen LogP contribution >= 0.6 is 0 Å². The molecule has 4 N–H and O–H groups in total. The number of hydrogen-bond donors (Lipinski definition) is 3. The molecule has 0 fully saturated rings. The van der Waals surface area contributed by atoms with Crippen LogP contribution in [-0.4, -0.2) is 25.5 Å². The summed E-state index contributed by atoms with van der Waals surface area (Å²) in [5.74, 6) is -1.04. The first kappa shape index (κ1) is 23.2. The fourth-order valence-electron chi connectivity index (χ4n) is 3.67. The normalized spacial score (nSPS) is 12.7. The molecule has 0 aliphatic heterocycles. The number of carbonyl (C=O) groups excluding carboxylic acids is 1. The summed E-state index contributed by atoms with van der Waals surface area (Å²) in [5.41, 5.74) is 5.97. The molecule has 11 heteroatoms. The fourth-order valence-corrected chi connectivity index (χ4v) is 3.67. The topological polar surface area (TPSA) is 106 Å². The number of anilines is 2. The molecule has 0 bridgehead atoms. The van der Waals surface area contributed by atoms with Crippen LogP contribution < -0.4 is 11.1 Å². The highest BCUT2D eigenvalue weighted by Crippen LogP contribution is 2.35. The summed E-state index contributed by atoms with van der Waals surface area (Å²) in [7, 11) is 1.74. The van der Waals surface area contributed by atoms with E-state index in [1.54, 1.807) is 24.7 Å². The van der Waals surface area contributed by atoms with Crippen molar-refractivity contribution in [3.63, 3.8) is 0 Å². The molecule has 0 aliphatic rings. The Hall–Kier alpha value is -3.99. The van der Waals surface area contributed by atoms with Gasteiger partial charge >= 0.3 is 6.18 Å². The van der Waals surface area contributed by atoms with Gasteiger partial charge in [-0.3, -0.25) is 4.79 Å². The first-order valence-electron chi connectivity index (χ1n) is 10.0. The second-order valence-electron chi connectivity index (χ2n) is 7.72. The Balaban J connectivity index is 1.60. The van der Waals surface area contributed by atoms with E-state index >= 15 is 4.39 Å². The molecule has 1 unspecified atom stereocenters. The molecule has 4 rings (SSSR count). The molecule has 34 heavy (non-hydrogen) atoms. The summed E-state index contributed by atoms with van der Waals surface area (Å²) in [5, 5.41) is 13.0. The number of aliphatic hydroxyl groups excluding tert-OH is 1. The lowest BCUT2D eigenvalue weighted by atomic mass is 10.0. The Bertz CT molecular complexity index is 1410. The predicted molar refractivity (Wildman–Crippen MR) is 118 cm³/mol. The van der Waals surface area contributed by atoms with Gasteiger partial charge in [0.05, 0.1) is 10.9 Å². The molecule has 0 radical (unpaired) electrons. The molecule has 0 saturated carbocycles. The molecule has 176 valence electrons. The molecule has 1 amide bonds. The number of alkyl halides is 3. The number of aliphatic hydroxyl groups is 1. The minimum atomic E-state index is -4.63. The summed E-state index contributed by atoms with van der Waals surface area (Å²) < 4.78 is 55.4. The van der Waals surface area contributed by atoms with Gasteiger partial charge in [-0.1, -0.05) is 12.1 Å². The molecular weight excluding hydrogens is 454 g/mol. The van der Waals surface area contributed by atoms with Gasteiger partial charge in [0.25, 0.3) is 5.91 Å². The highest BCUT2D eigenvalue weighted by atomic mass is 19.4. The molecular formula is C23H19F4N5O2. The van der Waals surface area contributed by atoms with Crippen molar-refractivity contribution in [2.24, 2.45) is 7.05 Å². The van der Waals surface area contributed by atoms with E-state index in [0.29, 0.717) is 28.5 Å². The zero-order chi connectivity index (χ0) is 24.8. The second kappa shape index (κ2) is 8.41. The van der Waals surface area contributed by atoms with E-state index in [2.05, 4.69) is 15.3 Å². The lowest BCUT2D eigenvalue weighted by Gasteiger charge is -2.14. The zero-order valence-electron chi connectivity index (χ0n) is 18.0. The predicted octanol–water partition coefficient (Wildman–Crippen LogP) is 4.36. The highest BCUT2D eigenvalue weighted by Gasteiger charge is 2.31. The maximum atomic E-state index is 15.0. The van der Waals surface area contributed by atoms with Crippen LogP contribution in [0.1, 0.15) is 23.1 Å². The van der Waals surface area contributed by atoms with Gasteiger partial charge in [-0.15, -0.1) is 0 Å². The van der Waals surface area contributed by atoms with Gasteiger partial charge in [0.1, 0.15) is 23.1 Å². The van der Waals surface area contributed by atoms with E-state index < -0.39 is 29.6 Å². The van der Waals surface area contributed by atoms with Gasteiger partial charge < -0.3 is 20.7 Å². The van der Waals surface area contributed by atoms with E-state index in [1.807, 2.05) is 0 Å². The summed E-state index contributed by atoms with van der Waals surface area (Å²) in [6.07, 6.45) is -4.85. The van der Waals surface area contributed by atoms with Gasteiger partial charge in [-0.25, -0.2) is 14.4 Å². The maximum Gasteiger partial charge on any atom is 0.416 e. The summed E-state index contributed by atoms with van der Waals surface area (Å²) in [6, 6.07) is 7.64. The van der Waals surface area contributed by atoms with Gasteiger partial charge in [-0.05, 0) is 42.8 Å². The van der Waals surface area contributed by atoms with Crippen molar-refractivity contribution in [3.8, 4) is 11.1 Å². The van der Waals surface area contributed by atoms with Gasteiger partial charge in [-0.2, -0.15) is 13.2 Å². The summed E-state index contributed by atoms with van der Waals surface area (Å²) in [4.78, 5) is 20.9. The average molecular weight is 473 g/mol. The number of aromatic nitrogens is 3. The Morgan fingerprint density at radius 3 is 2.56 bits per heavy atom. The third-order valence-corrected chi connectivity index (χ3v) is 5.26. The van der Waals surface area contributed by atoms with Gasteiger partial charge in [0, 0.05) is 30.1 Å². The Labute approximate surface area is 190 Å². The van der Waals surface area contributed by atoms with Crippen LogP contribution in [0.4, 0.5) is 29.1 Å². The van der Waals surface area contributed by atoms with Crippen molar-refractivity contribution in [3.05, 3.63) is 71.4 Å². The molecule has 0 aliphatic carbocycles. The molecule has 2 heterocycles. The number of nitrogens with two attached hydrogens (primary N) is 1. The minimum Gasteiger partial charge on any atom is -0.383 e. The summed E-state index contributed by atoms with van der Waals surface area (Å²) in [6.45, 7) is 1.69. The van der Waals surface area contributed by atoms with Crippen LogP contribution in [-0.2, 0) is 18.0 Å². The fraction of sp³-hybridized carbons (Fsp3) is 0.174. The quantitative estimate of drug-likeness (QED) is 0.382. The van der Waals surface area contributed by atoms with E-state index in [4.69, 9.17) is 5.73 Å². The SMILES string of the molecule is Cc1nc(N)c2c(-c3ccc(NC(=O)C(O)c4cccc(C(F)(F)F)c4)cc3F)cn(C)c2n1. The van der Waals surface area contributed by atoms with Crippen LogP contribution in [0.2, 0.25) is 0 Å². The number of carbonyl (C=O) groups is 1. The molecule has 7 nitrogen and oxygen atoms in total. The number of aryl methyl sites for hydroxylation is 2. The summed E-state index contributed by atoms with van der Waals surface area (Å²) >= 11 is 0. The van der Waals surface area contributed by atoms with Crippen LogP contribution in [0.3, 0.4) is 0 Å². The largest absolute Gasteiger partial charge is 0.416 e. The van der Waals surface area contributed by atoms with Crippen molar-refractivity contribution in [1.29, 1.82) is 0 Å². The minimum absolute atomic E-state index is 0.0116. The number of nitrogens with one attached hydrogen (secondary N) is 1. The number of amides is 1. The van der Waals surface area contributed by atoms with Crippen molar-refractivity contribution >= 4 is 28.4 Å². The molecule has 2 aromatic heterocycles. The van der Waals surface area contributed by atoms with E-state index in [-0.39, 0.29) is 22.6 Å². The highest BCUT2D eigenvalue weighted by molar-refractivity contribution is 6.01. The molecule has 4 aromatic rings. The zero-order valence-corrected chi connectivity index (χ0v) is 18.0. The second-order valence-corrected chi connectivity index (χ2v) is 7.72. The van der Waals surface area contributed by atoms with Crippen molar-refractivity contribution in [1.82, 2.24) is 14.5 Å².